The smallest absolute Gasteiger partial charge is 0.130 e. The molecule has 23 heavy (non-hydrogen) atoms. The molecule has 0 aliphatic rings. The number of hydrogen-bond acceptors (Lipinski definition) is 4. The number of aliphatic hydroxyl groups is 1. The van der Waals surface area contributed by atoms with Crippen LogP contribution in [-0.4, -0.2) is 22.7 Å². The summed E-state index contributed by atoms with van der Waals surface area (Å²) in [5.74, 6) is 0.925. The summed E-state index contributed by atoms with van der Waals surface area (Å²) in [5, 5.41) is 12.6. The van der Waals surface area contributed by atoms with E-state index in [4.69, 9.17) is 4.74 Å². The lowest BCUT2D eigenvalue weighted by Gasteiger charge is -2.17. The number of nitrogens with zero attached hydrogens (tertiary/aromatic N) is 1. The minimum Gasteiger partial charge on any atom is -0.487 e. The van der Waals surface area contributed by atoms with Gasteiger partial charge in [0.1, 0.15) is 12.4 Å². The second kappa shape index (κ2) is 8.65. The number of aliphatic hydroxyl groups excluding tert-OH is 1. The molecule has 0 aliphatic carbocycles. The van der Waals surface area contributed by atoms with E-state index in [0.29, 0.717) is 6.61 Å². The van der Waals surface area contributed by atoms with Gasteiger partial charge in [-0.1, -0.05) is 25.1 Å². The van der Waals surface area contributed by atoms with Crippen molar-refractivity contribution >= 4 is 0 Å². The molecule has 4 heteroatoms. The van der Waals surface area contributed by atoms with Crippen LogP contribution in [0.25, 0.3) is 0 Å². The van der Waals surface area contributed by atoms with Crippen molar-refractivity contribution in [3.8, 4) is 5.75 Å². The highest BCUT2D eigenvalue weighted by Gasteiger charge is 2.09. The summed E-state index contributed by atoms with van der Waals surface area (Å²) in [7, 11) is 0. The Balaban J connectivity index is 2.02. The Kier molecular flexibility index (Phi) is 6.56. The van der Waals surface area contributed by atoms with Gasteiger partial charge in [0.05, 0.1) is 12.3 Å². The molecular weight excluding hydrogens is 288 g/mol. The highest BCUT2D eigenvalue weighted by Crippen LogP contribution is 2.25. The van der Waals surface area contributed by atoms with Crippen molar-refractivity contribution in [3.63, 3.8) is 0 Å². The molecule has 1 atom stereocenters. The average molecular weight is 314 g/mol. The fraction of sp³-hybridized carbons (Fsp3) is 0.421. The lowest BCUT2D eigenvalue weighted by molar-refractivity contribution is 0.238. The van der Waals surface area contributed by atoms with Crippen LogP contribution < -0.4 is 10.1 Å². The fourth-order valence-corrected chi connectivity index (χ4v) is 2.60. The maximum Gasteiger partial charge on any atom is 0.130 e. The van der Waals surface area contributed by atoms with Crippen LogP contribution in [0, 0.1) is 13.8 Å². The SMILES string of the molecule is CCC(CO)NCc1cc(C)c(OCc2ccccn2)c(C)c1. The van der Waals surface area contributed by atoms with Gasteiger partial charge < -0.3 is 15.2 Å². The predicted molar refractivity (Wildman–Crippen MR) is 92.5 cm³/mol. The Morgan fingerprint density at radius 3 is 2.52 bits per heavy atom. The summed E-state index contributed by atoms with van der Waals surface area (Å²) < 4.78 is 5.95. The highest BCUT2D eigenvalue weighted by atomic mass is 16.5. The van der Waals surface area contributed by atoms with Crippen molar-refractivity contribution in [2.75, 3.05) is 6.61 Å². The van der Waals surface area contributed by atoms with Crippen LogP contribution in [0.2, 0.25) is 0 Å². The van der Waals surface area contributed by atoms with Crippen LogP contribution in [0.3, 0.4) is 0 Å². The zero-order chi connectivity index (χ0) is 16.7. The van der Waals surface area contributed by atoms with Crippen LogP contribution in [0.4, 0.5) is 0 Å². The van der Waals surface area contributed by atoms with Gasteiger partial charge in [-0.2, -0.15) is 0 Å². The predicted octanol–water partition coefficient (Wildman–Crippen LogP) is 3.14. The molecule has 0 bridgehead atoms. The first-order valence-electron chi connectivity index (χ1n) is 8.11. The normalized spacial score (nSPS) is 12.2. The summed E-state index contributed by atoms with van der Waals surface area (Å²) in [5.41, 5.74) is 4.37. The molecule has 1 unspecified atom stereocenters. The molecule has 0 saturated carbocycles. The van der Waals surface area contributed by atoms with E-state index >= 15 is 0 Å². The molecule has 0 amide bonds. The van der Waals surface area contributed by atoms with E-state index in [2.05, 4.69) is 43.2 Å². The number of benzene rings is 1. The molecule has 1 aromatic carbocycles. The maximum absolute atomic E-state index is 9.25. The van der Waals surface area contributed by atoms with Crippen molar-refractivity contribution in [3.05, 3.63) is 58.9 Å². The first kappa shape index (κ1) is 17.4. The van der Waals surface area contributed by atoms with Gasteiger partial charge >= 0.3 is 0 Å². The van der Waals surface area contributed by atoms with Crippen LogP contribution in [0.5, 0.6) is 5.75 Å². The molecule has 0 aliphatic heterocycles. The van der Waals surface area contributed by atoms with Crippen molar-refractivity contribution in [2.24, 2.45) is 0 Å². The molecule has 1 aromatic heterocycles. The van der Waals surface area contributed by atoms with Gasteiger partial charge in [0.25, 0.3) is 0 Å². The summed E-state index contributed by atoms with van der Waals surface area (Å²) in [6.45, 7) is 7.59. The summed E-state index contributed by atoms with van der Waals surface area (Å²) in [6.07, 6.45) is 2.69. The number of hydrogen-bond donors (Lipinski definition) is 2. The van der Waals surface area contributed by atoms with E-state index in [0.717, 1.165) is 35.5 Å². The van der Waals surface area contributed by atoms with Crippen molar-refractivity contribution in [1.82, 2.24) is 10.3 Å². The third kappa shape index (κ3) is 5.05. The van der Waals surface area contributed by atoms with Gasteiger partial charge in [-0.25, -0.2) is 0 Å². The van der Waals surface area contributed by atoms with E-state index in [1.54, 1.807) is 6.20 Å². The number of aromatic nitrogens is 1. The lowest BCUT2D eigenvalue weighted by atomic mass is 10.1. The summed E-state index contributed by atoms with van der Waals surface area (Å²) in [6, 6.07) is 10.2. The molecule has 2 N–H and O–H groups in total. The average Bonchev–Trinajstić information content (AvgIpc) is 2.56. The fourth-order valence-electron chi connectivity index (χ4n) is 2.60. The Morgan fingerprint density at radius 1 is 1.22 bits per heavy atom. The van der Waals surface area contributed by atoms with Gasteiger partial charge in [0, 0.05) is 18.8 Å². The first-order chi connectivity index (χ1) is 11.1. The second-order valence-corrected chi connectivity index (χ2v) is 5.84. The van der Waals surface area contributed by atoms with Crippen molar-refractivity contribution < 1.29 is 9.84 Å². The third-order valence-corrected chi connectivity index (χ3v) is 3.92. The van der Waals surface area contributed by atoms with E-state index in [1.807, 2.05) is 18.2 Å². The van der Waals surface area contributed by atoms with Gasteiger partial charge in [-0.3, -0.25) is 4.98 Å². The summed E-state index contributed by atoms with van der Waals surface area (Å²) in [4.78, 5) is 4.28. The zero-order valence-electron chi connectivity index (χ0n) is 14.2. The number of rotatable bonds is 8. The van der Waals surface area contributed by atoms with Crippen LogP contribution in [-0.2, 0) is 13.2 Å². The number of pyridine rings is 1. The van der Waals surface area contributed by atoms with Crippen molar-refractivity contribution in [1.29, 1.82) is 0 Å². The molecular formula is C19H26N2O2. The second-order valence-electron chi connectivity index (χ2n) is 5.84. The molecule has 1 heterocycles. The van der Waals surface area contributed by atoms with Crippen LogP contribution in [0.15, 0.2) is 36.5 Å². The number of aryl methyl sites for hydroxylation is 2. The monoisotopic (exact) mass is 314 g/mol. The largest absolute Gasteiger partial charge is 0.487 e. The molecule has 0 fully saturated rings. The van der Waals surface area contributed by atoms with Gasteiger partial charge in [0.15, 0.2) is 0 Å². The van der Waals surface area contributed by atoms with E-state index < -0.39 is 0 Å². The van der Waals surface area contributed by atoms with E-state index in [9.17, 15) is 5.11 Å². The minimum absolute atomic E-state index is 0.149. The minimum atomic E-state index is 0.149. The zero-order valence-corrected chi connectivity index (χ0v) is 14.2. The number of nitrogens with one attached hydrogen (secondary N) is 1. The Labute approximate surface area is 138 Å². The summed E-state index contributed by atoms with van der Waals surface area (Å²) >= 11 is 0. The van der Waals surface area contributed by atoms with E-state index in [-0.39, 0.29) is 12.6 Å². The molecule has 2 rings (SSSR count). The standard InChI is InChI=1S/C19H26N2O2/c1-4-17(12-22)21-11-16-9-14(2)19(15(3)10-16)23-13-18-7-5-6-8-20-18/h5-10,17,21-22H,4,11-13H2,1-3H3. The Bertz CT molecular complexity index is 587. The molecule has 0 spiro atoms. The Morgan fingerprint density at radius 2 is 1.96 bits per heavy atom. The number of ether oxygens (including phenoxy) is 1. The molecule has 0 radical (unpaired) electrons. The molecule has 0 saturated heterocycles. The third-order valence-electron chi connectivity index (χ3n) is 3.92. The van der Waals surface area contributed by atoms with Crippen molar-refractivity contribution in [2.45, 2.75) is 46.4 Å². The van der Waals surface area contributed by atoms with Gasteiger partial charge in [0.2, 0.25) is 0 Å². The van der Waals surface area contributed by atoms with Gasteiger partial charge in [-0.05, 0) is 49.1 Å². The highest BCUT2D eigenvalue weighted by molar-refractivity contribution is 5.43. The van der Waals surface area contributed by atoms with Gasteiger partial charge in [-0.15, -0.1) is 0 Å². The van der Waals surface area contributed by atoms with Crippen LogP contribution >= 0.6 is 0 Å². The molecule has 2 aromatic rings. The molecule has 124 valence electrons. The lowest BCUT2D eigenvalue weighted by Crippen LogP contribution is -2.31. The quantitative estimate of drug-likeness (QED) is 0.786. The van der Waals surface area contributed by atoms with E-state index in [1.165, 1.54) is 5.56 Å². The topological polar surface area (TPSA) is 54.4 Å². The van der Waals surface area contributed by atoms with Crippen LogP contribution in [0.1, 0.15) is 35.7 Å². The Hall–Kier alpha value is -1.91. The maximum atomic E-state index is 9.25. The molecule has 4 nitrogen and oxygen atoms in total. The first-order valence-corrected chi connectivity index (χ1v) is 8.11.